The summed E-state index contributed by atoms with van der Waals surface area (Å²) in [6.45, 7) is 2.52. The summed E-state index contributed by atoms with van der Waals surface area (Å²) in [4.78, 5) is 16.0. The van der Waals surface area contributed by atoms with Crippen LogP contribution < -0.4 is 4.74 Å². The summed E-state index contributed by atoms with van der Waals surface area (Å²) in [6, 6.07) is 13.5. The number of aromatic nitrogens is 2. The summed E-state index contributed by atoms with van der Waals surface area (Å²) in [5.41, 5.74) is 2.49. The van der Waals surface area contributed by atoms with Crippen LogP contribution in [-0.4, -0.2) is 27.7 Å². The van der Waals surface area contributed by atoms with Crippen LogP contribution in [0.5, 0.6) is 5.75 Å². The SMILES string of the molecule is COc1ccc2c(nc(C)n2Cc2ccccc2)c1C(=O)O. The Balaban J connectivity index is 2.19. The molecule has 0 unspecified atom stereocenters. The van der Waals surface area contributed by atoms with Gasteiger partial charge in [0.05, 0.1) is 12.6 Å². The number of hydrogen-bond acceptors (Lipinski definition) is 3. The summed E-state index contributed by atoms with van der Waals surface area (Å²) >= 11 is 0. The summed E-state index contributed by atoms with van der Waals surface area (Å²) < 4.78 is 7.16. The van der Waals surface area contributed by atoms with Gasteiger partial charge >= 0.3 is 5.97 Å². The van der Waals surface area contributed by atoms with Gasteiger partial charge in [-0.1, -0.05) is 30.3 Å². The van der Waals surface area contributed by atoms with Crippen molar-refractivity contribution in [2.75, 3.05) is 7.11 Å². The standard InChI is InChI=1S/C17H16N2O3/c1-11-18-16-13(8-9-14(22-2)15(16)17(20)21)19(11)10-12-6-4-3-5-7-12/h3-9H,10H2,1-2H3,(H,20,21). The number of hydrogen-bond donors (Lipinski definition) is 1. The highest BCUT2D eigenvalue weighted by atomic mass is 16.5. The molecule has 0 aliphatic carbocycles. The average Bonchev–Trinajstić information content (AvgIpc) is 2.83. The topological polar surface area (TPSA) is 64.4 Å². The van der Waals surface area contributed by atoms with Gasteiger partial charge in [-0.05, 0) is 24.6 Å². The highest BCUT2D eigenvalue weighted by Gasteiger charge is 2.20. The molecule has 0 radical (unpaired) electrons. The van der Waals surface area contributed by atoms with Crippen LogP contribution in [0.25, 0.3) is 11.0 Å². The molecule has 0 bridgehead atoms. The number of nitrogens with zero attached hydrogens (tertiary/aromatic N) is 2. The molecule has 0 fully saturated rings. The van der Waals surface area contributed by atoms with E-state index in [0.717, 1.165) is 16.9 Å². The molecule has 5 heteroatoms. The Labute approximate surface area is 127 Å². The number of benzene rings is 2. The largest absolute Gasteiger partial charge is 0.496 e. The fraction of sp³-hybridized carbons (Fsp3) is 0.176. The van der Waals surface area contributed by atoms with Crippen molar-refractivity contribution in [3.05, 3.63) is 59.4 Å². The van der Waals surface area contributed by atoms with Gasteiger partial charge in [-0.2, -0.15) is 0 Å². The van der Waals surface area contributed by atoms with Crippen LogP contribution in [0.3, 0.4) is 0 Å². The number of ether oxygens (including phenoxy) is 1. The predicted octanol–water partition coefficient (Wildman–Crippen LogP) is 3.10. The molecule has 1 heterocycles. The highest BCUT2D eigenvalue weighted by molar-refractivity contribution is 6.04. The second-order valence-electron chi connectivity index (χ2n) is 5.05. The smallest absolute Gasteiger partial charge is 0.341 e. The zero-order valence-electron chi connectivity index (χ0n) is 12.4. The Bertz CT molecular complexity index is 838. The quantitative estimate of drug-likeness (QED) is 0.803. The van der Waals surface area contributed by atoms with E-state index in [1.165, 1.54) is 7.11 Å². The number of carboxylic acid groups (broad SMARTS) is 1. The van der Waals surface area contributed by atoms with E-state index in [9.17, 15) is 9.90 Å². The van der Waals surface area contributed by atoms with Gasteiger partial charge in [-0.3, -0.25) is 0 Å². The highest BCUT2D eigenvalue weighted by Crippen LogP contribution is 2.28. The van der Waals surface area contributed by atoms with Crippen molar-refractivity contribution in [1.29, 1.82) is 0 Å². The Morgan fingerprint density at radius 2 is 1.95 bits per heavy atom. The second-order valence-corrected chi connectivity index (χ2v) is 5.05. The van der Waals surface area contributed by atoms with E-state index in [0.29, 0.717) is 17.8 Å². The molecule has 0 amide bonds. The molecule has 2 aromatic carbocycles. The molecule has 3 aromatic rings. The maximum atomic E-state index is 11.5. The maximum absolute atomic E-state index is 11.5. The first kappa shape index (κ1) is 14.1. The summed E-state index contributed by atoms with van der Waals surface area (Å²) in [5, 5.41) is 9.46. The summed E-state index contributed by atoms with van der Waals surface area (Å²) in [5.74, 6) is 0.0609. The minimum Gasteiger partial charge on any atom is -0.496 e. The third-order valence-electron chi connectivity index (χ3n) is 3.69. The van der Waals surface area contributed by atoms with E-state index < -0.39 is 5.97 Å². The van der Waals surface area contributed by atoms with E-state index in [-0.39, 0.29) is 5.56 Å². The van der Waals surface area contributed by atoms with Crippen molar-refractivity contribution in [2.24, 2.45) is 0 Å². The molecule has 0 spiro atoms. The molecule has 1 N–H and O–H groups in total. The van der Waals surface area contributed by atoms with Gasteiger partial charge in [0.1, 0.15) is 22.7 Å². The van der Waals surface area contributed by atoms with Crippen LogP contribution >= 0.6 is 0 Å². The maximum Gasteiger partial charge on any atom is 0.341 e. The van der Waals surface area contributed by atoms with Crippen LogP contribution in [0.15, 0.2) is 42.5 Å². The monoisotopic (exact) mass is 296 g/mol. The lowest BCUT2D eigenvalue weighted by atomic mass is 10.1. The number of aromatic carboxylic acids is 1. The molecule has 1 aromatic heterocycles. The molecule has 0 atom stereocenters. The molecular formula is C17H16N2O3. The normalized spacial score (nSPS) is 10.8. The third kappa shape index (κ3) is 2.30. The zero-order chi connectivity index (χ0) is 15.7. The van der Waals surface area contributed by atoms with E-state index in [4.69, 9.17) is 4.74 Å². The first-order valence-corrected chi connectivity index (χ1v) is 6.93. The van der Waals surface area contributed by atoms with Crippen LogP contribution in [0.4, 0.5) is 0 Å². The molecule has 112 valence electrons. The number of fused-ring (bicyclic) bond motifs is 1. The zero-order valence-corrected chi connectivity index (χ0v) is 12.4. The first-order chi connectivity index (χ1) is 10.6. The van der Waals surface area contributed by atoms with Gasteiger partial charge < -0.3 is 14.4 Å². The molecular weight excluding hydrogens is 280 g/mol. The van der Waals surface area contributed by atoms with Crippen molar-refractivity contribution < 1.29 is 14.6 Å². The minimum absolute atomic E-state index is 0.106. The van der Waals surface area contributed by atoms with E-state index >= 15 is 0 Å². The number of carboxylic acids is 1. The number of aryl methyl sites for hydroxylation is 1. The van der Waals surface area contributed by atoms with Crippen molar-refractivity contribution >= 4 is 17.0 Å². The van der Waals surface area contributed by atoms with Crippen molar-refractivity contribution in [3.63, 3.8) is 0 Å². The van der Waals surface area contributed by atoms with Gasteiger partial charge in [0.2, 0.25) is 0 Å². The van der Waals surface area contributed by atoms with Crippen LogP contribution in [-0.2, 0) is 6.54 Å². The van der Waals surface area contributed by atoms with Gasteiger partial charge in [0.15, 0.2) is 0 Å². The first-order valence-electron chi connectivity index (χ1n) is 6.93. The third-order valence-corrected chi connectivity index (χ3v) is 3.69. The lowest BCUT2D eigenvalue weighted by Gasteiger charge is -2.09. The van der Waals surface area contributed by atoms with Crippen molar-refractivity contribution in [2.45, 2.75) is 13.5 Å². The number of rotatable bonds is 4. The Kier molecular flexibility index (Phi) is 3.55. The van der Waals surface area contributed by atoms with Gasteiger partial charge in [-0.25, -0.2) is 9.78 Å². The lowest BCUT2D eigenvalue weighted by Crippen LogP contribution is -2.03. The molecule has 0 aliphatic heterocycles. The molecule has 3 rings (SSSR count). The van der Waals surface area contributed by atoms with Crippen LogP contribution in [0, 0.1) is 6.92 Å². The Hall–Kier alpha value is -2.82. The molecule has 0 saturated heterocycles. The van der Waals surface area contributed by atoms with E-state index in [2.05, 4.69) is 4.98 Å². The molecule has 0 aliphatic rings. The Morgan fingerprint density at radius 1 is 1.23 bits per heavy atom. The van der Waals surface area contributed by atoms with E-state index in [1.807, 2.05) is 47.9 Å². The molecule has 22 heavy (non-hydrogen) atoms. The second kappa shape index (κ2) is 5.52. The lowest BCUT2D eigenvalue weighted by molar-refractivity contribution is 0.0695. The van der Waals surface area contributed by atoms with Gasteiger partial charge in [0, 0.05) is 6.54 Å². The fourth-order valence-electron chi connectivity index (χ4n) is 2.63. The minimum atomic E-state index is -1.04. The van der Waals surface area contributed by atoms with Crippen LogP contribution in [0.2, 0.25) is 0 Å². The fourth-order valence-corrected chi connectivity index (χ4v) is 2.63. The molecule has 5 nitrogen and oxygen atoms in total. The van der Waals surface area contributed by atoms with Crippen molar-refractivity contribution in [1.82, 2.24) is 9.55 Å². The number of carbonyl (C=O) groups is 1. The van der Waals surface area contributed by atoms with Gasteiger partial charge in [-0.15, -0.1) is 0 Å². The summed E-state index contributed by atoms with van der Waals surface area (Å²) in [7, 11) is 1.46. The molecule has 0 saturated carbocycles. The summed E-state index contributed by atoms with van der Waals surface area (Å²) in [6.07, 6.45) is 0. The predicted molar refractivity (Wildman–Crippen MR) is 83.5 cm³/mol. The van der Waals surface area contributed by atoms with Crippen LogP contribution in [0.1, 0.15) is 21.7 Å². The average molecular weight is 296 g/mol. The Morgan fingerprint density at radius 3 is 2.59 bits per heavy atom. The number of imidazole rings is 1. The van der Waals surface area contributed by atoms with Gasteiger partial charge in [0.25, 0.3) is 0 Å². The van der Waals surface area contributed by atoms with E-state index in [1.54, 1.807) is 6.07 Å². The number of methoxy groups -OCH3 is 1. The van der Waals surface area contributed by atoms with Crippen molar-refractivity contribution in [3.8, 4) is 5.75 Å².